The molecule has 4 nitrogen and oxygen atoms in total. The van der Waals surface area contributed by atoms with Gasteiger partial charge >= 0.3 is 0 Å². The predicted octanol–water partition coefficient (Wildman–Crippen LogP) is 7.29. The zero-order chi connectivity index (χ0) is 25.1. The maximum Gasteiger partial charge on any atom is 0.258 e. The Balaban J connectivity index is 1.32. The molecule has 0 spiro atoms. The number of pyridine rings is 1. The van der Waals surface area contributed by atoms with E-state index in [1.807, 2.05) is 56.4 Å². The quantitative estimate of drug-likeness (QED) is 0.326. The van der Waals surface area contributed by atoms with Crippen LogP contribution in [0.25, 0.3) is 22.0 Å². The second-order valence-corrected chi connectivity index (χ2v) is 9.91. The molecular weight excluding hydrogens is 449 g/mol. The molecule has 5 rings (SSSR count). The molecule has 4 aromatic rings. The summed E-state index contributed by atoms with van der Waals surface area (Å²) in [5, 5.41) is 3.93. The molecule has 1 saturated heterocycles. The van der Waals surface area contributed by atoms with Gasteiger partial charge in [0, 0.05) is 23.8 Å². The van der Waals surface area contributed by atoms with Gasteiger partial charge in [-0.3, -0.25) is 14.7 Å². The number of carbonyl (C=O) groups excluding carboxylic acids is 1. The van der Waals surface area contributed by atoms with Crippen molar-refractivity contribution in [1.82, 2.24) is 9.88 Å². The van der Waals surface area contributed by atoms with Crippen LogP contribution < -0.4 is 5.32 Å². The number of amides is 1. The fourth-order valence-corrected chi connectivity index (χ4v) is 4.92. The van der Waals surface area contributed by atoms with E-state index in [2.05, 4.69) is 21.3 Å². The summed E-state index contributed by atoms with van der Waals surface area (Å²) in [5.41, 5.74) is 6.39. The lowest BCUT2D eigenvalue weighted by atomic mass is 10.0. The van der Waals surface area contributed by atoms with Gasteiger partial charge in [0.2, 0.25) is 0 Å². The lowest BCUT2D eigenvalue weighted by Gasteiger charge is -2.20. The van der Waals surface area contributed by atoms with Crippen molar-refractivity contribution < 1.29 is 9.18 Å². The summed E-state index contributed by atoms with van der Waals surface area (Å²) in [5.74, 6) is -1.01. The third-order valence-corrected chi connectivity index (χ3v) is 7.04. The van der Waals surface area contributed by atoms with Crippen molar-refractivity contribution >= 4 is 22.5 Å². The summed E-state index contributed by atoms with van der Waals surface area (Å²) in [6.45, 7) is 7.17. The average Bonchev–Trinajstić information content (AvgIpc) is 3.13. The van der Waals surface area contributed by atoms with Crippen molar-refractivity contribution in [2.75, 3.05) is 18.4 Å². The van der Waals surface area contributed by atoms with Crippen molar-refractivity contribution in [1.29, 1.82) is 0 Å². The molecule has 0 aliphatic carbocycles. The van der Waals surface area contributed by atoms with E-state index in [-0.39, 0.29) is 5.56 Å². The number of nitrogens with one attached hydrogen (secondary N) is 1. The first-order valence-corrected chi connectivity index (χ1v) is 12.8. The molecule has 184 valence electrons. The van der Waals surface area contributed by atoms with Crippen LogP contribution in [0.2, 0.25) is 0 Å². The molecule has 1 amide bonds. The van der Waals surface area contributed by atoms with Crippen LogP contribution in [-0.2, 0) is 6.54 Å². The van der Waals surface area contributed by atoms with Gasteiger partial charge in [-0.05, 0) is 92.4 Å². The molecule has 0 atom stereocenters. The Morgan fingerprint density at radius 3 is 2.36 bits per heavy atom. The van der Waals surface area contributed by atoms with Gasteiger partial charge in [-0.15, -0.1) is 0 Å². The fraction of sp³-hybridized carbons (Fsp3) is 0.290. The number of aromatic nitrogens is 1. The maximum atomic E-state index is 14.9. The summed E-state index contributed by atoms with van der Waals surface area (Å²) < 4.78 is 14.9. The molecule has 0 radical (unpaired) electrons. The summed E-state index contributed by atoms with van der Waals surface area (Å²) >= 11 is 0. The van der Waals surface area contributed by atoms with Gasteiger partial charge in [0.1, 0.15) is 5.82 Å². The minimum Gasteiger partial charge on any atom is -0.322 e. The first-order valence-electron chi connectivity index (χ1n) is 12.8. The van der Waals surface area contributed by atoms with E-state index in [4.69, 9.17) is 0 Å². The number of fused-ring (bicyclic) bond motifs is 1. The summed E-state index contributed by atoms with van der Waals surface area (Å²) in [6.07, 6.45) is 7.09. The monoisotopic (exact) mass is 481 g/mol. The van der Waals surface area contributed by atoms with E-state index in [9.17, 15) is 9.18 Å². The fourth-order valence-electron chi connectivity index (χ4n) is 4.92. The largest absolute Gasteiger partial charge is 0.322 e. The van der Waals surface area contributed by atoms with Crippen molar-refractivity contribution in [2.24, 2.45) is 0 Å². The molecule has 3 aromatic carbocycles. The molecular formula is C31H32FN3O. The highest BCUT2D eigenvalue weighted by Crippen LogP contribution is 2.26. The number of hydrogen-bond acceptors (Lipinski definition) is 3. The Kier molecular flexibility index (Phi) is 7.10. The van der Waals surface area contributed by atoms with Crippen molar-refractivity contribution in [3.05, 3.63) is 94.9 Å². The Labute approximate surface area is 212 Å². The van der Waals surface area contributed by atoms with E-state index in [0.717, 1.165) is 52.8 Å². The van der Waals surface area contributed by atoms with Crippen molar-refractivity contribution in [3.63, 3.8) is 0 Å². The number of halogens is 1. The summed E-state index contributed by atoms with van der Waals surface area (Å²) in [7, 11) is 0. The highest BCUT2D eigenvalue weighted by molar-refractivity contribution is 6.06. The minimum atomic E-state index is -0.541. The van der Waals surface area contributed by atoms with Crippen LogP contribution in [0.15, 0.2) is 66.9 Å². The highest BCUT2D eigenvalue weighted by atomic mass is 19.1. The van der Waals surface area contributed by atoms with Crippen molar-refractivity contribution in [3.8, 4) is 11.1 Å². The number of carbonyl (C=O) groups is 1. The van der Waals surface area contributed by atoms with Gasteiger partial charge in [0.05, 0.1) is 11.1 Å². The highest BCUT2D eigenvalue weighted by Gasteiger charge is 2.15. The molecule has 0 saturated carbocycles. The van der Waals surface area contributed by atoms with Gasteiger partial charge in [0.25, 0.3) is 5.91 Å². The summed E-state index contributed by atoms with van der Waals surface area (Å²) in [6, 6.07) is 18.7. The van der Waals surface area contributed by atoms with Crippen LogP contribution in [0.5, 0.6) is 0 Å². The Bertz CT molecular complexity index is 1390. The third-order valence-electron chi connectivity index (χ3n) is 7.04. The van der Waals surface area contributed by atoms with Gasteiger partial charge in [-0.1, -0.05) is 48.7 Å². The number of likely N-dealkylation sites (tertiary alicyclic amines) is 1. The van der Waals surface area contributed by atoms with E-state index in [1.54, 1.807) is 12.1 Å². The standard InChI is InChI=1S/C31H32FN3O/c1-21-7-9-24(10-8-21)25-11-12-27(28(32)17-25)31(36)34-29-18-30-26(15-22(29)2)16-23(19-33-30)20-35-13-5-3-4-6-14-35/h7-12,15-19H,3-6,13-14,20H2,1-2H3,(H,34,36). The second-order valence-electron chi connectivity index (χ2n) is 9.91. The van der Waals surface area contributed by atoms with Crippen LogP contribution in [0, 0.1) is 19.7 Å². The Morgan fingerprint density at radius 1 is 0.917 bits per heavy atom. The number of anilines is 1. The predicted molar refractivity (Wildman–Crippen MR) is 145 cm³/mol. The van der Waals surface area contributed by atoms with Gasteiger partial charge in [-0.25, -0.2) is 4.39 Å². The van der Waals surface area contributed by atoms with Gasteiger partial charge in [-0.2, -0.15) is 0 Å². The number of hydrogen-bond donors (Lipinski definition) is 1. The second kappa shape index (κ2) is 10.6. The van der Waals surface area contributed by atoms with Crippen LogP contribution in [0.4, 0.5) is 10.1 Å². The first kappa shape index (κ1) is 24.1. The van der Waals surface area contributed by atoms with Crippen LogP contribution in [-0.4, -0.2) is 28.9 Å². The average molecular weight is 482 g/mol. The number of benzene rings is 3. The molecule has 1 N–H and O–H groups in total. The molecule has 1 aliphatic heterocycles. The zero-order valence-electron chi connectivity index (χ0n) is 21.0. The SMILES string of the molecule is Cc1ccc(-c2ccc(C(=O)Nc3cc4ncc(CN5CCCCCC5)cc4cc3C)c(F)c2)cc1. The normalized spacial score (nSPS) is 14.5. The molecule has 0 unspecified atom stereocenters. The Hall–Kier alpha value is -3.57. The van der Waals surface area contributed by atoms with Crippen LogP contribution in [0.3, 0.4) is 0 Å². The van der Waals surface area contributed by atoms with E-state index >= 15 is 0 Å². The lowest BCUT2D eigenvalue weighted by molar-refractivity contribution is 0.102. The van der Waals surface area contributed by atoms with Gasteiger partial charge in [0.15, 0.2) is 0 Å². The molecule has 1 aromatic heterocycles. The molecule has 5 heteroatoms. The third kappa shape index (κ3) is 5.47. The lowest BCUT2D eigenvalue weighted by Crippen LogP contribution is -2.24. The van der Waals surface area contributed by atoms with Crippen LogP contribution >= 0.6 is 0 Å². The maximum absolute atomic E-state index is 14.9. The molecule has 1 fully saturated rings. The smallest absolute Gasteiger partial charge is 0.258 e. The van der Waals surface area contributed by atoms with E-state index in [0.29, 0.717) is 5.69 Å². The minimum absolute atomic E-state index is 0.0196. The van der Waals surface area contributed by atoms with Crippen LogP contribution in [0.1, 0.15) is 52.7 Å². The molecule has 36 heavy (non-hydrogen) atoms. The number of nitrogens with zero attached hydrogens (tertiary/aromatic N) is 2. The molecule has 1 aliphatic rings. The molecule has 0 bridgehead atoms. The van der Waals surface area contributed by atoms with E-state index in [1.165, 1.54) is 37.3 Å². The number of rotatable bonds is 5. The Morgan fingerprint density at radius 2 is 1.64 bits per heavy atom. The zero-order valence-corrected chi connectivity index (χ0v) is 21.0. The van der Waals surface area contributed by atoms with E-state index < -0.39 is 11.7 Å². The molecule has 2 heterocycles. The van der Waals surface area contributed by atoms with Gasteiger partial charge < -0.3 is 5.32 Å². The first-order chi connectivity index (χ1) is 17.5. The summed E-state index contributed by atoms with van der Waals surface area (Å²) in [4.78, 5) is 20.1. The topological polar surface area (TPSA) is 45.2 Å². The number of aryl methyl sites for hydroxylation is 2. The van der Waals surface area contributed by atoms with Crippen molar-refractivity contribution in [2.45, 2.75) is 46.1 Å².